The lowest BCUT2D eigenvalue weighted by Crippen LogP contribution is -2.10. The molecule has 2 rings (SSSR count). The molecule has 2 nitrogen and oxygen atoms in total. The van der Waals surface area contributed by atoms with Crippen LogP contribution >= 0.6 is 0 Å². The number of alkyl halides is 2. The Kier molecular flexibility index (Phi) is 2.14. The number of halogens is 2. The zero-order valence-electron chi connectivity index (χ0n) is 9.30. The Morgan fingerprint density at radius 1 is 1.53 bits per heavy atom. The summed E-state index contributed by atoms with van der Waals surface area (Å²) in [6, 6.07) is 0. The summed E-state index contributed by atoms with van der Waals surface area (Å²) < 4.78 is 27.0. The second-order valence-corrected chi connectivity index (χ2v) is 5.36. The van der Waals surface area contributed by atoms with E-state index in [0.717, 1.165) is 5.56 Å². The molecule has 1 aliphatic carbocycles. The SMILES string of the molecule is CC(C)(C)c1cnn(CC2CC2(F)F)c1. The summed E-state index contributed by atoms with van der Waals surface area (Å²) in [4.78, 5) is 0. The fourth-order valence-corrected chi connectivity index (χ4v) is 1.54. The molecule has 0 bridgehead atoms. The first-order valence-electron chi connectivity index (χ1n) is 5.20. The molecule has 15 heavy (non-hydrogen) atoms. The summed E-state index contributed by atoms with van der Waals surface area (Å²) in [6.07, 6.45) is 3.65. The van der Waals surface area contributed by atoms with E-state index in [4.69, 9.17) is 0 Å². The number of hydrogen-bond donors (Lipinski definition) is 0. The van der Waals surface area contributed by atoms with Gasteiger partial charge in [0.1, 0.15) is 0 Å². The Morgan fingerprint density at radius 3 is 2.53 bits per heavy atom. The number of nitrogens with zero attached hydrogens (tertiary/aromatic N) is 2. The van der Waals surface area contributed by atoms with Gasteiger partial charge in [0.2, 0.25) is 0 Å². The Morgan fingerprint density at radius 2 is 2.13 bits per heavy atom. The second-order valence-electron chi connectivity index (χ2n) is 5.36. The lowest BCUT2D eigenvalue weighted by Gasteiger charge is -2.14. The van der Waals surface area contributed by atoms with Crippen LogP contribution < -0.4 is 0 Å². The number of rotatable bonds is 2. The van der Waals surface area contributed by atoms with Gasteiger partial charge in [0.15, 0.2) is 0 Å². The molecule has 0 spiro atoms. The molecule has 0 saturated heterocycles. The van der Waals surface area contributed by atoms with Crippen molar-refractivity contribution in [2.45, 2.75) is 45.1 Å². The molecule has 1 aromatic heterocycles. The quantitative estimate of drug-likeness (QED) is 0.740. The maximum Gasteiger partial charge on any atom is 0.253 e. The van der Waals surface area contributed by atoms with Gasteiger partial charge in [-0.05, 0) is 11.0 Å². The fraction of sp³-hybridized carbons (Fsp3) is 0.727. The standard InChI is InChI=1S/C11H16F2N2/c1-10(2,3)9-5-14-15(7-9)6-8-4-11(8,12)13/h5,7-8H,4,6H2,1-3H3. The number of aromatic nitrogens is 2. The van der Waals surface area contributed by atoms with Crippen molar-refractivity contribution in [1.29, 1.82) is 0 Å². The maximum atomic E-state index is 12.7. The minimum absolute atomic E-state index is 0.0116. The van der Waals surface area contributed by atoms with Gasteiger partial charge in [-0.2, -0.15) is 5.10 Å². The maximum absolute atomic E-state index is 12.7. The van der Waals surface area contributed by atoms with Gasteiger partial charge in [0, 0.05) is 25.1 Å². The van der Waals surface area contributed by atoms with Crippen molar-refractivity contribution in [3.05, 3.63) is 18.0 Å². The zero-order valence-corrected chi connectivity index (χ0v) is 9.30. The van der Waals surface area contributed by atoms with Crippen molar-refractivity contribution >= 4 is 0 Å². The van der Waals surface area contributed by atoms with Gasteiger partial charge in [-0.3, -0.25) is 4.68 Å². The van der Waals surface area contributed by atoms with Crippen LogP contribution in [0.15, 0.2) is 12.4 Å². The van der Waals surface area contributed by atoms with Crippen LogP contribution in [0.5, 0.6) is 0 Å². The van der Waals surface area contributed by atoms with E-state index in [9.17, 15) is 8.78 Å². The molecule has 1 aromatic rings. The molecule has 0 aliphatic heterocycles. The Bertz CT molecular complexity index is 363. The van der Waals surface area contributed by atoms with Gasteiger partial charge in [0.25, 0.3) is 5.92 Å². The van der Waals surface area contributed by atoms with Crippen molar-refractivity contribution in [3.63, 3.8) is 0 Å². The minimum Gasteiger partial charge on any atom is -0.272 e. The van der Waals surface area contributed by atoms with Crippen LogP contribution in [0.1, 0.15) is 32.8 Å². The van der Waals surface area contributed by atoms with Gasteiger partial charge in [-0.1, -0.05) is 20.8 Å². The predicted octanol–water partition coefficient (Wildman–Crippen LogP) is 2.84. The summed E-state index contributed by atoms with van der Waals surface area (Å²) in [5.41, 5.74) is 1.12. The molecule has 0 radical (unpaired) electrons. The molecule has 1 unspecified atom stereocenters. The van der Waals surface area contributed by atoms with Crippen molar-refractivity contribution in [2.75, 3.05) is 0 Å². The summed E-state index contributed by atoms with van der Waals surface area (Å²) in [5, 5.41) is 4.11. The third-order valence-electron chi connectivity index (χ3n) is 2.86. The third kappa shape index (κ3) is 2.19. The van der Waals surface area contributed by atoms with Crippen LogP contribution in [0.3, 0.4) is 0 Å². The third-order valence-corrected chi connectivity index (χ3v) is 2.86. The van der Waals surface area contributed by atoms with Crippen LogP contribution in [-0.2, 0) is 12.0 Å². The highest BCUT2D eigenvalue weighted by atomic mass is 19.3. The van der Waals surface area contributed by atoms with Gasteiger partial charge >= 0.3 is 0 Å². The van der Waals surface area contributed by atoms with Gasteiger partial charge in [0.05, 0.1) is 6.20 Å². The van der Waals surface area contributed by atoms with Gasteiger partial charge in [-0.25, -0.2) is 8.78 Å². The van der Waals surface area contributed by atoms with Crippen LogP contribution in [0.4, 0.5) is 8.78 Å². The zero-order chi connectivity index (χ0) is 11.3. The van der Waals surface area contributed by atoms with Gasteiger partial charge < -0.3 is 0 Å². The highest BCUT2D eigenvalue weighted by molar-refractivity contribution is 5.15. The molecule has 4 heteroatoms. The Labute approximate surface area is 88.3 Å². The lowest BCUT2D eigenvalue weighted by atomic mass is 9.90. The Hall–Kier alpha value is -0.930. The predicted molar refractivity (Wildman–Crippen MR) is 54.0 cm³/mol. The van der Waals surface area contributed by atoms with Crippen LogP contribution in [-0.4, -0.2) is 15.7 Å². The topological polar surface area (TPSA) is 17.8 Å². The number of hydrogen-bond acceptors (Lipinski definition) is 1. The van der Waals surface area contributed by atoms with Crippen molar-refractivity contribution < 1.29 is 8.78 Å². The van der Waals surface area contributed by atoms with E-state index in [0.29, 0.717) is 6.54 Å². The highest BCUT2D eigenvalue weighted by Crippen LogP contribution is 2.49. The molecule has 0 amide bonds. The summed E-state index contributed by atoms with van der Waals surface area (Å²) in [5.74, 6) is -2.96. The fourth-order valence-electron chi connectivity index (χ4n) is 1.54. The highest BCUT2D eigenvalue weighted by Gasteiger charge is 2.56. The molecular formula is C11H16F2N2. The molecule has 1 atom stereocenters. The van der Waals surface area contributed by atoms with E-state index >= 15 is 0 Å². The average molecular weight is 214 g/mol. The summed E-state index contributed by atoms with van der Waals surface area (Å²) in [7, 11) is 0. The first-order valence-corrected chi connectivity index (χ1v) is 5.20. The van der Waals surface area contributed by atoms with Crippen LogP contribution in [0.25, 0.3) is 0 Å². The summed E-state index contributed by atoms with van der Waals surface area (Å²) in [6.45, 7) is 6.59. The largest absolute Gasteiger partial charge is 0.272 e. The van der Waals surface area contributed by atoms with Crippen LogP contribution in [0, 0.1) is 5.92 Å². The van der Waals surface area contributed by atoms with E-state index in [1.165, 1.54) is 0 Å². The van der Waals surface area contributed by atoms with Crippen molar-refractivity contribution in [1.82, 2.24) is 9.78 Å². The molecule has 1 heterocycles. The van der Waals surface area contributed by atoms with E-state index < -0.39 is 11.8 Å². The van der Waals surface area contributed by atoms with Crippen molar-refractivity contribution in [3.8, 4) is 0 Å². The Balaban J connectivity index is 2.03. The molecular weight excluding hydrogens is 198 g/mol. The molecule has 1 aliphatic rings. The first kappa shape index (κ1) is 10.6. The molecule has 0 N–H and O–H groups in total. The molecule has 1 fully saturated rings. The molecule has 1 saturated carbocycles. The minimum atomic E-state index is -2.45. The van der Waals surface area contributed by atoms with E-state index in [2.05, 4.69) is 25.9 Å². The van der Waals surface area contributed by atoms with E-state index in [-0.39, 0.29) is 11.8 Å². The lowest BCUT2D eigenvalue weighted by molar-refractivity contribution is 0.0942. The smallest absolute Gasteiger partial charge is 0.253 e. The normalized spacial score (nSPS) is 24.2. The van der Waals surface area contributed by atoms with E-state index in [1.807, 2.05) is 6.20 Å². The molecule has 0 aromatic carbocycles. The average Bonchev–Trinajstić information content (AvgIpc) is 2.51. The first-order chi connectivity index (χ1) is 6.79. The van der Waals surface area contributed by atoms with Gasteiger partial charge in [-0.15, -0.1) is 0 Å². The second kappa shape index (κ2) is 3.03. The van der Waals surface area contributed by atoms with Crippen LogP contribution in [0.2, 0.25) is 0 Å². The molecule has 84 valence electrons. The van der Waals surface area contributed by atoms with Crippen molar-refractivity contribution in [2.24, 2.45) is 5.92 Å². The summed E-state index contributed by atoms with van der Waals surface area (Å²) >= 11 is 0. The monoisotopic (exact) mass is 214 g/mol. The van der Waals surface area contributed by atoms with E-state index in [1.54, 1.807) is 10.9 Å².